The van der Waals surface area contributed by atoms with E-state index in [4.69, 9.17) is 32.7 Å². The van der Waals surface area contributed by atoms with Crippen LogP contribution in [0.5, 0.6) is 11.5 Å². The van der Waals surface area contributed by atoms with Crippen molar-refractivity contribution in [3.05, 3.63) is 87.9 Å². The van der Waals surface area contributed by atoms with Gasteiger partial charge in [-0.15, -0.1) is 0 Å². The molecule has 2 aliphatic rings. The van der Waals surface area contributed by atoms with Crippen LogP contribution in [-0.4, -0.2) is 56.3 Å². The molecule has 1 fully saturated rings. The van der Waals surface area contributed by atoms with Crippen LogP contribution in [0.1, 0.15) is 43.7 Å². The molecule has 3 aromatic carbocycles. The molecule has 0 bridgehead atoms. The predicted octanol–water partition coefficient (Wildman–Crippen LogP) is 5.58. The first-order chi connectivity index (χ1) is 21.2. The van der Waals surface area contributed by atoms with Crippen LogP contribution in [0.4, 0.5) is 5.69 Å². The second-order valence-corrected chi connectivity index (χ2v) is 13.9. The highest BCUT2D eigenvalue weighted by molar-refractivity contribution is 7.92. The second kappa shape index (κ2) is 14.1. The van der Waals surface area contributed by atoms with Gasteiger partial charge in [-0.1, -0.05) is 72.4 Å². The Bertz CT molecular complexity index is 1580. The highest BCUT2D eigenvalue weighted by Gasteiger charge is 2.35. The molecule has 1 atom stereocenters. The van der Waals surface area contributed by atoms with E-state index in [1.165, 1.54) is 17.9 Å². The van der Waals surface area contributed by atoms with E-state index >= 15 is 0 Å². The van der Waals surface area contributed by atoms with Crippen LogP contribution in [0.2, 0.25) is 10.0 Å². The molecule has 0 saturated heterocycles. The molecule has 5 rings (SSSR count). The van der Waals surface area contributed by atoms with Crippen LogP contribution in [0.15, 0.2) is 66.7 Å². The van der Waals surface area contributed by atoms with E-state index < -0.39 is 28.5 Å². The molecule has 1 heterocycles. The van der Waals surface area contributed by atoms with Gasteiger partial charge in [-0.3, -0.25) is 13.9 Å². The SMILES string of the molecule is CCS(=O)(=O)N(CC(=O)N(Cc1c(Cl)cccc1Cl)[C@@H](Cc1ccccc1)C(=O)NC1CCCC1)c1ccc2c(c1)OCO2. The van der Waals surface area contributed by atoms with Crippen molar-refractivity contribution in [2.45, 2.75) is 57.7 Å². The highest BCUT2D eigenvalue weighted by Crippen LogP contribution is 2.36. The molecular weight excluding hydrogens is 625 g/mol. The van der Waals surface area contributed by atoms with Crippen molar-refractivity contribution >= 4 is 50.7 Å². The molecule has 1 N–H and O–H groups in total. The lowest BCUT2D eigenvalue weighted by molar-refractivity contribution is -0.140. The zero-order chi connectivity index (χ0) is 31.3. The minimum Gasteiger partial charge on any atom is -0.454 e. The van der Waals surface area contributed by atoms with Gasteiger partial charge in [0.25, 0.3) is 0 Å². The van der Waals surface area contributed by atoms with Crippen molar-refractivity contribution in [1.29, 1.82) is 0 Å². The average molecular weight is 661 g/mol. The van der Waals surface area contributed by atoms with Gasteiger partial charge in [0.15, 0.2) is 11.5 Å². The number of benzene rings is 3. The summed E-state index contributed by atoms with van der Waals surface area (Å²) < 4.78 is 38.7. The number of sulfonamides is 1. The first-order valence-electron chi connectivity index (χ1n) is 14.6. The molecule has 0 spiro atoms. The Morgan fingerprint density at radius 1 is 0.955 bits per heavy atom. The van der Waals surface area contributed by atoms with E-state index in [1.54, 1.807) is 30.3 Å². The number of nitrogens with one attached hydrogen (secondary N) is 1. The van der Waals surface area contributed by atoms with Crippen molar-refractivity contribution in [3.63, 3.8) is 0 Å². The first kappa shape index (κ1) is 31.9. The minimum absolute atomic E-state index is 0.00669. The topological polar surface area (TPSA) is 105 Å². The van der Waals surface area contributed by atoms with E-state index in [0.717, 1.165) is 35.6 Å². The van der Waals surface area contributed by atoms with Crippen LogP contribution in [-0.2, 0) is 32.6 Å². The maximum absolute atomic E-state index is 14.4. The Labute approximate surface area is 268 Å². The van der Waals surface area contributed by atoms with E-state index in [0.29, 0.717) is 27.1 Å². The van der Waals surface area contributed by atoms with E-state index in [1.807, 2.05) is 30.3 Å². The number of hydrogen-bond acceptors (Lipinski definition) is 6. The largest absolute Gasteiger partial charge is 0.454 e. The molecule has 234 valence electrons. The first-order valence-corrected chi connectivity index (χ1v) is 17.0. The molecule has 44 heavy (non-hydrogen) atoms. The second-order valence-electron chi connectivity index (χ2n) is 10.9. The van der Waals surface area contributed by atoms with Gasteiger partial charge in [0.1, 0.15) is 12.6 Å². The molecule has 0 unspecified atom stereocenters. The Morgan fingerprint density at radius 2 is 1.64 bits per heavy atom. The predicted molar refractivity (Wildman–Crippen MR) is 171 cm³/mol. The summed E-state index contributed by atoms with van der Waals surface area (Å²) in [6.45, 7) is 0.865. The Morgan fingerprint density at radius 3 is 2.32 bits per heavy atom. The molecule has 1 aliphatic heterocycles. The van der Waals surface area contributed by atoms with Crippen molar-refractivity contribution in [3.8, 4) is 11.5 Å². The van der Waals surface area contributed by atoms with Gasteiger partial charge in [0, 0.05) is 40.7 Å². The summed E-state index contributed by atoms with van der Waals surface area (Å²) in [4.78, 5) is 29.8. The number of carbonyl (C=O) groups is 2. The van der Waals surface area contributed by atoms with E-state index in [9.17, 15) is 18.0 Å². The lowest BCUT2D eigenvalue weighted by Crippen LogP contribution is -2.54. The number of carbonyl (C=O) groups excluding carboxylic acids is 2. The zero-order valence-electron chi connectivity index (χ0n) is 24.4. The third-order valence-corrected chi connectivity index (χ3v) is 10.4. The highest BCUT2D eigenvalue weighted by atomic mass is 35.5. The number of fused-ring (bicyclic) bond motifs is 1. The van der Waals surface area contributed by atoms with Gasteiger partial charge in [-0.2, -0.15) is 0 Å². The summed E-state index contributed by atoms with van der Waals surface area (Å²) in [5.74, 6) is -0.288. The van der Waals surface area contributed by atoms with Gasteiger partial charge in [0.05, 0.1) is 11.4 Å². The van der Waals surface area contributed by atoms with Crippen molar-refractivity contribution < 1.29 is 27.5 Å². The maximum Gasteiger partial charge on any atom is 0.244 e. The van der Waals surface area contributed by atoms with E-state index in [2.05, 4.69) is 5.32 Å². The van der Waals surface area contributed by atoms with Gasteiger partial charge >= 0.3 is 0 Å². The van der Waals surface area contributed by atoms with Crippen LogP contribution in [0.25, 0.3) is 0 Å². The normalized spacial score (nSPS) is 15.2. The summed E-state index contributed by atoms with van der Waals surface area (Å²) >= 11 is 13.1. The molecule has 9 nitrogen and oxygen atoms in total. The number of amides is 2. The monoisotopic (exact) mass is 659 g/mol. The smallest absolute Gasteiger partial charge is 0.244 e. The fraction of sp³-hybridized carbons (Fsp3) is 0.375. The third-order valence-electron chi connectivity index (χ3n) is 7.99. The Balaban J connectivity index is 1.55. The Kier molecular flexibility index (Phi) is 10.2. The molecule has 0 aromatic heterocycles. The number of rotatable bonds is 12. The Hall–Kier alpha value is -3.47. The average Bonchev–Trinajstić information content (AvgIpc) is 3.71. The van der Waals surface area contributed by atoms with Gasteiger partial charge in [0.2, 0.25) is 28.6 Å². The number of hydrogen-bond donors (Lipinski definition) is 1. The minimum atomic E-state index is -3.94. The van der Waals surface area contributed by atoms with Crippen molar-refractivity contribution in [1.82, 2.24) is 10.2 Å². The zero-order valence-corrected chi connectivity index (χ0v) is 26.7. The summed E-state index contributed by atoms with van der Waals surface area (Å²) in [6, 6.07) is 18.2. The lowest BCUT2D eigenvalue weighted by atomic mass is 10.0. The van der Waals surface area contributed by atoms with Crippen molar-refractivity contribution in [2.75, 3.05) is 23.4 Å². The summed E-state index contributed by atoms with van der Waals surface area (Å²) in [5.41, 5.74) is 1.55. The van der Waals surface area contributed by atoms with Crippen LogP contribution >= 0.6 is 23.2 Å². The number of halogens is 2. The van der Waals surface area contributed by atoms with Crippen molar-refractivity contribution in [2.24, 2.45) is 0 Å². The molecule has 1 aliphatic carbocycles. The van der Waals surface area contributed by atoms with Gasteiger partial charge in [-0.05, 0) is 49.6 Å². The van der Waals surface area contributed by atoms with Gasteiger partial charge in [-0.25, -0.2) is 8.42 Å². The standard InChI is InChI=1S/C32H35Cl2N3O6S/c1-2-44(40,41)37(24-15-16-29-30(18-24)43-21-42-29)20-31(38)36(19-25-26(33)13-8-14-27(25)34)28(17-22-9-4-3-5-10-22)32(39)35-23-11-6-7-12-23/h3-5,8-10,13-16,18,23,28H,2,6-7,11-12,17,19-21H2,1H3,(H,35,39)/t28-/m0/s1. The van der Waals surface area contributed by atoms with Crippen LogP contribution in [0.3, 0.4) is 0 Å². The number of nitrogens with zero attached hydrogens (tertiary/aromatic N) is 2. The number of ether oxygens (including phenoxy) is 2. The van der Waals surface area contributed by atoms with Crippen LogP contribution in [0, 0.1) is 0 Å². The fourth-order valence-electron chi connectivity index (χ4n) is 5.54. The summed E-state index contributed by atoms with van der Waals surface area (Å²) in [7, 11) is -3.94. The van der Waals surface area contributed by atoms with Gasteiger partial charge < -0.3 is 19.7 Å². The van der Waals surface area contributed by atoms with Crippen LogP contribution < -0.4 is 19.1 Å². The molecule has 12 heteroatoms. The number of anilines is 1. The molecule has 3 aromatic rings. The molecule has 1 saturated carbocycles. The van der Waals surface area contributed by atoms with E-state index in [-0.39, 0.29) is 43.1 Å². The third kappa shape index (κ3) is 7.42. The molecular formula is C32H35Cl2N3O6S. The maximum atomic E-state index is 14.4. The quantitative estimate of drug-likeness (QED) is 0.272. The summed E-state index contributed by atoms with van der Waals surface area (Å²) in [5, 5.41) is 3.81. The lowest BCUT2D eigenvalue weighted by Gasteiger charge is -2.34. The summed E-state index contributed by atoms with van der Waals surface area (Å²) in [6.07, 6.45) is 3.97. The molecule has 2 amide bonds. The molecule has 0 radical (unpaired) electrons. The fourth-order valence-corrected chi connectivity index (χ4v) is 7.11.